The van der Waals surface area contributed by atoms with Gasteiger partial charge >= 0.3 is 0 Å². The fraction of sp³-hybridized carbons (Fsp3) is 0.500. The fourth-order valence-electron chi connectivity index (χ4n) is 3.00. The molecule has 0 N–H and O–H groups in total. The molecular formula is C16H21N3O4S. The first kappa shape index (κ1) is 16.9. The Hall–Kier alpha value is -1.93. The van der Waals surface area contributed by atoms with Crippen molar-refractivity contribution in [1.29, 1.82) is 0 Å². The summed E-state index contributed by atoms with van der Waals surface area (Å²) in [7, 11) is -3.21. The zero-order valence-corrected chi connectivity index (χ0v) is 14.6. The number of sulfonamides is 1. The molecule has 1 amide bonds. The zero-order valence-electron chi connectivity index (χ0n) is 13.8. The third-order valence-corrected chi connectivity index (χ3v) is 5.72. The number of piperazine rings is 1. The number of carbonyl (C=O) groups excluding carboxylic acids is 1. The monoisotopic (exact) mass is 351 g/mol. The lowest BCUT2D eigenvalue weighted by Gasteiger charge is -2.36. The number of hydrogen-bond acceptors (Lipinski definition) is 5. The van der Waals surface area contributed by atoms with Crippen LogP contribution in [-0.2, 0) is 19.7 Å². The van der Waals surface area contributed by atoms with E-state index in [1.54, 1.807) is 11.8 Å². The quantitative estimate of drug-likeness (QED) is 0.802. The smallest absolute Gasteiger partial charge is 0.269 e. The Balaban J connectivity index is 1.64. The molecule has 8 heteroatoms. The molecule has 1 fully saturated rings. The Kier molecular flexibility index (Phi) is 4.35. The van der Waals surface area contributed by atoms with Gasteiger partial charge in [-0.1, -0.05) is 35.5 Å². The van der Waals surface area contributed by atoms with Gasteiger partial charge in [0.1, 0.15) is 0 Å². The molecule has 2 heterocycles. The highest BCUT2D eigenvalue weighted by molar-refractivity contribution is 7.88. The lowest BCUT2D eigenvalue weighted by Crippen LogP contribution is -2.55. The van der Waals surface area contributed by atoms with E-state index in [1.165, 1.54) is 10.6 Å². The molecular weight excluding hydrogens is 330 g/mol. The van der Waals surface area contributed by atoms with Crippen LogP contribution < -0.4 is 0 Å². The third-order valence-electron chi connectivity index (χ3n) is 4.42. The molecule has 0 aliphatic carbocycles. The highest BCUT2D eigenvalue weighted by Gasteiger charge is 2.45. The van der Waals surface area contributed by atoms with Gasteiger partial charge in [0, 0.05) is 32.6 Å². The van der Waals surface area contributed by atoms with E-state index in [0.29, 0.717) is 32.6 Å². The molecule has 0 radical (unpaired) electrons. The third kappa shape index (κ3) is 3.29. The van der Waals surface area contributed by atoms with Crippen LogP contribution in [0.15, 0.2) is 35.5 Å². The van der Waals surface area contributed by atoms with Crippen molar-refractivity contribution in [3.8, 4) is 0 Å². The van der Waals surface area contributed by atoms with Crippen molar-refractivity contribution in [1.82, 2.24) is 9.21 Å². The van der Waals surface area contributed by atoms with E-state index in [0.717, 1.165) is 11.3 Å². The minimum Gasteiger partial charge on any atom is -0.379 e. The van der Waals surface area contributed by atoms with E-state index in [9.17, 15) is 13.2 Å². The van der Waals surface area contributed by atoms with Crippen molar-refractivity contribution in [3.05, 3.63) is 35.9 Å². The summed E-state index contributed by atoms with van der Waals surface area (Å²) >= 11 is 0. The largest absolute Gasteiger partial charge is 0.379 e. The maximum absolute atomic E-state index is 12.8. The number of benzene rings is 1. The van der Waals surface area contributed by atoms with Gasteiger partial charge in [-0.25, -0.2) is 8.42 Å². The average Bonchev–Trinajstić information content (AvgIpc) is 2.98. The lowest BCUT2D eigenvalue weighted by atomic mass is 9.94. The number of oxime groups is 1. The number of rotatable bonds is 3. The van der Waals surface area contributed by atoms with E-state index in [-0.39, 0.29) is 5.91 Å². The molecule has 2 aliphatic heterocycles. The molecule has 3 rings (SSSR count). The maximum atomic E-state index is 12.8. The van der Waals surface area contributed by atoms with Gasteiger partial charge in [-0.15, -0.1) is 0 Å². The van der Waals surface area contributed by atoms with Crippen LogP contribution in [0.5, 0.6) is 0 Å². The molecule has 1 saturated heterocycles. The van der Waals surface area contributed by atoms with E-state index in [2.05, 4.69) is 5.16 Å². The molecule has 1 atom stereocenters. The van der Waals surface area contributed by atoms with Gasteiger partial charge in [-0.05, 0) is 12.5 Å². The first-order valence-corrected chi connectivity index (χ1v) is 9.69. The summed E-state index contributed by atoms with van der Waals surface area (Å²) < 4.78 is 24.5. The second-order valence-electron chi connectivity index (χ2n) is 6.36. The minimum atomic E-state index is -3.21. The van der Waals surface area contributed by atoms with Crippen LogP contribution in [0, 0.1) is 0 Å². The molecule has 2 aliphatic rings. The molecule has 0 bridgehead atoms. The summed E-state index contributed by atoms with van der Waals surface area (Å²) in [5, 5.41) is 4.09. The molecule has 0 unspecified atom stereocenters. The molecule has 1 aromatic rings. The molecule has 24 heavy (non-hydrogen) atoms. The lowest BCUT2D eigenvalue weighted by molar-refractivity contribution is -0.154. The summed E-state index contributed by atoms with van der Waals surface area (Å²) in [5.41, 5.74) is 0.662. The average molecular weight is 351 g/mol. The zero-order chi connectivity index (χ0) is 17.4. The normalized spacial score (nSPS) is 25.2. The van der Waals surface area contributed by atoms with Crippen LogP contribution in [0.4, 0.5) is 0 Å². The highest BCUT2D eigenvalue weighted by atomic mass is 32.2. The minimum absolute atomic E-state index is 0.148. The van der Waals surface area contributed by atoms with Crippen LogP contribution in [0.2, 0.25) is 0 Å². The predicted molar refractivity (Wildman–Crippen MR) is 90.1 cm³/mol. The van der Waals surface area contributed by atoms with Crippen molar-refractivity contribution in [2.75, 3.05) is 32.4 Å². The van der Waals surface area contributed by atoms with Crippen molar-refractivity contribution in [3.63, 3.8) is 0 Å². The van der Waals surface area contributed by atoms with Crippen LogP contribution in [0.25, 0.3) is 0 Å². The molecule has 1 aromatic carbocycles. The van der Waals surface area contributed by atoms with Gasteiger partial charge in [0.05, 0.1) is 12.0 Å². The Bertz CT molecular complexity index is 755. The van der Waals surface area contributed by atoms with Crippen molar-refractivity contribution < 1.29 is 18.0 Å². The second-order valence-corrected chi connectivity index (χ2v) is 8.34. The van der Waals surface area contributed by atoms with E-state index in [1.807, 2.05) is 30.3 Å². The summed E-state index contributed by atoms with van der Waals surface area (Å²) in [5.74, 6) is -0.148. The van der Waals surface area contributed by atoms with E-state index >= 15 is 0 Å². The van der Waals surface area contributed by atoms with Gasteiger partial charge < -0.3 is 9.74 Å². The van der Waals surface area contributed by atoms with Gasteiger partial charge in [0.2, 0.25) is 15.6 Å². The van der Waals surface area contributed by atoms with E-state index in [4.69, 9.17) is 4.84 Å². The van der Waals surface area contributed by atoms with Gasteiger partial charge in [0.25, 0.3) is 5.91 Å². The highest BCUT2D eigenvalue weighted by Crippen LogP contribution is 2.29. The number of nitrogens with zero attached hydrogens (tertiary/aromatic N) is 3. The van der Waals surface area contributed by atoms with Crippen molar-refractivity contribution in [2.24, 2.45) is 5.16 Å². The standard InChI is InChI=1S/C16H21N3O4S/c1-16(12-14(17-23-16)13-6-4-3-5-7-13)15(20)18-8-10-19(11-9-18)24(2,21)22/h3-7H,8-12H2,1-2H3/t16-/m1/s1. The summed E-state index contributed by atoms with van der Waals surface area (Å²) in [6.45, 7) is 3.09. The molecule has 0 saturated carbocycles. The topological polar surface area (TPSA) is 79.3 Å². The van der Waals surface area contributed by atoms with Crippen molar-refractivity contribution in [2.45, 2.75) is 18.9 Å². The molecule has 7 nitrogen and oxygen atoms in total. The second kappa shape index (κ2) is 6.18. The molecule has 0 spiro atoms. The van der Waals surface area contributed by atoms with Gasteiger partial charge in [0.15, 0.2) is 0 Å². The maximum Gasteiger partial charge on any atom is 0.269 e. The fourth-order valence-corrected chi connectivity index (χ4v) is 3.82. The van der Waals surface area contributed by atoms with Gasteiger partial charge in [-0.3, -0.25) is 4.79 Å². The molecule has 130 valence electrons. The first-order chi connectivity index (χ1) is 11.3. The van der Waals surface area contributed by atoms with Crippen LogP contribution >= 0.6 is 0 Å². The number of amides is 1. The number of hydrogen-bond donors (Lipinski definition) is 0. The van der Waals surface area contributed by atoms with Crippen LogP contribution in [0.1, 0.15) is 18.9 Å². The van der Waals surface area contributed by atoms with Gasteiger partial charge in [-0.2, -0.15) is 4.31 Å². The van der Waals surface area contributed by atoms with Crippen LogP contribution in [-0.4, -0.2) is 67.3 Å². The Morgan fingerprint density at radius 3 is 2.38 bits per heavy atom. The summed E-state index contributed by atoms with van der Waals surface area (Å²) in [6, 6.07) is 9.62. The summed E-state index contributed by atoms with van der Waals surface area (Å²) in [6.07, 6.45) is 1.59. The summed E-state index contributed by atoms with van der Waals surface area (Å²) in [4.78, 5) is 20.0. The van der Waals surface area contributed by atoms with Crippen molar-refractivity contribution >= 4 is 21.6 Å². The predicted octanol–water partition coefficient (Wildman–Crippen LogP) is 0.674. The Labute approximate surface area is 141 Å². The number of carbonyl (C=O) groups is 1. The van der Waals surface area contributed by atoms with E-state index < -0.39 is 15.6 Å². The first-order valence-electron chi connectivity index (χ1n) is 7.84. The van der Waals surface area contributed by atoms with Crippen LogP contribution in [0.3, 0.4) is 0 Å². The Morgan fingerprint density at radius 2 is 1.79 bits per heavy atom. The molecule has 0 aromatic heterocycles. The SMILES string of the molecule is C[C@]1(C(=O)N2CCN(S(C)(=O)=O)CC2)CC(c2ccccc2)=NO1. The Morgan fingerprint density at radius 1 is 1.17 bits per heavy atom.